The van der Waals surface area contributed by atoms with Gasteiger partial charge in [0.25, 0.3) is 5.91 Å². The average molecular weight is 289 g/mol. The first-order chi connectivity index (χ1) is 9.34. The fourth-order valence-electron chi connectivity index (χ4n) is 2.34. The Morgan fingerprint density at radius 2 is 2.10 bits per heavy atom. The summed E-state index contributed by atoms with van der Waals surface area (Å²) in [6.45, 7) is 0.220. The van der Waals surface area contributed by atoms with Gasteiger partial charge in [0.05, 0.1) is 23.8 Å². The molecule has 0 aromatic heterocycles. The normalized spacial score (nSPS) is 19.4. The van der Waals surface area contributed by atoms with Crippen LogP contribution in [-0.4, -0.2) is 40.2 Å². The van der Waals surface area contributed by atoms with Gasteiger partial charge >= 0.3 is 6.18 Å². The molecule has 4 nitrogen and oxygen atoms in total. The Hall–Kier alpha value is -1.76. The van der Waals surface area contributed by atoms with E-state index in [1.54, 1.807) is 0 Å². The molecule has 0 aliphatic carbocycles. The number of aliphatic hydroxyl groups is 1. The van der Waals surface area contributed by atoms with Crippen LogP contribution in [0.25, 0.3) is 0 Å². The van der Waals surface area contributed by atoms with Crippen LogP contribution in [0.2, 0.25) is 0 Å². The summed E-state index contributed by atoms with van der Waals surface area (Å²) in [4.78, 5) is 13.5. The van der Waals surface area contributed by atoms with Crippen molar-refractivity contribution in [1.29, 1.82) is 0 Å². The number of nitrogens with zero attached hydrogens (tertiary/aromatic N) is 1. The van der Waals surface area contributed by atoms with Gasteiger partial charge < -0.3 is 15.1 Å². The molecule has 20 heavy (non-hydrogen) atoms. The van der Waals surface area contributed by atoms with E-state index in [0.29, 0.717) is 19.0 Å². The number of likely N-dealkylation sites (tertiary alicyclic amines) is 1. The summed E-state index contributed by atoms with van der Waals surface area (Å²) in [6.07, 6.45) is -3.21. The average Bonchev–Trinajstić information content (AvgIpc) is 2.85. The molecule has 0 saturated carbocycles. The van der Waals surface area contributed by atoms with Crippen molar-refractivity contribution in [3.8, 4) is 5.75 Å². The van der Waals surface area contributed by atoms with Gasteiger partial charge in [-0.1, -0.05) is 0 Å². The number of hydrogen-bond acceptors (Lipinski definition) is 3. The molecule has 1 amide bonds. The van der Waals surface area contributed by atoms with Crippen LogP contribution in [0.3, 0.4) is 0 Å². The van der Waals surface area contributed by atoms with Crippen molar-refractivity contribution in [2.24, 2.45) is 0 Å². The van der Waals surface area contributed by atoms with E-state index < -0.39 is 23.4 Å². The van der Waals surface area contributed by atoms with Crippen molar-refractivity contribution in [2.45, 2.75) is 25.1 Å². The summed E-state index contributed by atoms with van der Waals surface area (Å²) in [7, 11) is 0. The molecule has 1 saturated heterocycles. The molecule has 0 spiro atoms. The van der Waals surface area contributed by atoms with Gasteiger partial charge in [0, 0.05) is 6.54 Å². The largest absolute Gasteiger partial charge is 0.507 e. The van der Waals surface area contributed by atoms with Crippen LogP contribution in [0.15, 0.2) is 18.2 Å². The minimum absolute atomic E-state index is 0.182. The van der Waals surface area contributed by atoms with Crippen LogP contribution < -0.4 is 0 Å². The van der Waals surface area contributed by atoms with Gasteiger partial charge in [-0.2, -0.15) is 13.2 Å². The van der Waals surface area contributed by atoms with Crippen molar-refractivity contribution >= 4 is 5.91 Å². The second-order valence-electron chi connectivity index (χ2n) is 4.71. The van der Waals surface area contributed by atoms with Crippen LogP contribution in [0.4, 0.5) is 13.2 Å². The molecule has 1 aromatic carbocycles. The first kappa shape index (κ1) is 14.6. The predicted octanol–water partition coefficient (Wildman–Crippen LogP) is 2.01. The fraction of sp³-hybridized carbons (Fsp3) is 0.462. The lowest BCUT2D eigenvalue weighted by Gasteiger charge is -2.23. The number of amides is 1. The molecule has 2 rings (SSSR count). The molecule has 0 radical (unpaired) electrons. The number of phenols is 1. The molecule has 1 atom stereocenters. The fourth-order valence-corrected chi connectivity index (χ4v) is 2.34. The van der Waals surface area contributed by atoms with E-state index >= 15 is 0 Å². The van der Waals surface area contributed by atoms with Crippen LogP contribution >= 0.6 is 0 Å². The number of aliphatic hydroxyl groups excluding tert-OH is 1. The molecule has 1 aromatic rings. The molecule has 1 heterocycles. The highest BCUT2D eigenvalue weighted by atomic mass is 19.4. The maximum Gasteiger partial charge on any atom is 0.416 e. The Labute approximate surface area is 113 Å². The molecule has 0 bridgehead atoms. The smallest absolute Gasteiger partial charge is 0.416 e. The van der Waals surface area contributed by atoms with E-state index in [0.717, 1.165) is 18.6 Å². The number of halogens is 3. The van der Waals surface area contributed by atoms with Crippen LogP contribution in [0.5, 0.6) is 5.75 Å². The minimum Gasteiger partial charge on any atom is -0.507 e. The summed E-state index contributed by atoms with van der Waals surface area (Å²) in [5, 5.41) is 18.8. The first-order valence-corrected chi connectivity index (χ1v) is 6.16. The minimum atomic E-state index is -4.57. The van der Waals surface area contributed by atoms with Gasteiger partial charge in [-0.05, 0) is 31.0 Å². The number of phenolic OH excluding ortho intramolecular Hbond substituents is 1. The summed E-state index contributed by atoms with van der Waals surface area (Å²) in [5.74, 6) is -1.26. The Morgan fingerprint density at radius 1 is 1.40 bits per heavy atom. The van der Waals surface area contributed by atoms with Crippen LogP contribution in [0.1, 0.15) is 28.8 Å². The Bertz CT molecular complexity index is 516. The zero-order valence-electron chi connectivity index (χ0n) is 10.5. The zero-order valence-corrected chi connectivity index (χ0v) is 10.5. The second-order valence-corrected chi connectivity index (χ2v) is 4.71. The third-order valence-electron chi connectivity index (χ3n) is 3.40. The lowest BCUT2D eigenvalue weighted by Crippen LogP contribution is -2.37. The van der Waals surface area contributed by atoms with E-state index in [4.69, 9.17) is 5.11 Å². The molecule has 110 valence electrons. The van der Waals surface area contributed by atoms with Crippen molar-refractivity contribution in [3.05, 3.63) is 29.3 Å². The molecule has 1 fully saturated rings. The molecule has 1 aliphatic rings. The van der Waals surface area contributed by atoms with Crippen molar-refractivity contribution in [2.75, 3.05) is 13.2 Å². The van der Waals surface area contributed by atoms with Gasteiger partial charge in [0.1, 0.15) is 5.75 Å². The Balaban J connectivity index is 2.27. The third-order valence-corrected chi connectivity index (χ3v) is 3.40. The zero-order chi connectivity index (χ0) is 14.9. The van der Waals surface area contributed by atoms with Gasteiger partial charge in [-0.3, -0.25) is 4.79 Å². The third kappa shape index (κ3) is 2.72. The number of benzene rings is 1. The second kappa shape index (κ2) is 5.32. The quantitative estimate of drug-likeness (QED) is 0.875. The SMILES string of the molecule is O=C(c1ccc(C(F)(F)F)cc1O)N1CCC[C@@H]1CO. The van der Waals surface area contributed by atoms with E-state index in [2.05, 4.69) is 0 Å². The maximum atomic E-state index is 12.5. The van der Waals surface area contributed by atoms with E-state index in [1.165, 1.54) is 4.90 Å². The van der Waals surface area contributed by atoms with Crippen LogP contribution in [-0.2, 0) is 6.18 Å². The van der Waals surface area contributed by atoms with E-state index in [1.807, 2.05) is 0 Å². The molecular weight excluding hydrogens is 275 g/mol. The number of hydrogen-bond donors (Lipinski definition) is 2. The van der Waals surface area contributed by atoms with Crippen molar-refractivity contribution in [1.82, 2.24) is 4.90 Å². The summed E-state index contributed by atoms with van der Waals surface area (Å²) < 4.78 is 37.4. The Kier molecular flexibility index (Phi) is 3.89. The van der Waals surface area contributed by atoms with Crippen molar-refractivity contribution in [3.63, 3.8) is 0 Å². The highest BCUT2D eigenvalue weighted by Gasteiger charge is 2.33. The number of rotatable bonds is 2. The van der Waals surface area contributed by atoms with E-state index in [-0.39, 0.29) is 18.2 Å². The molecule has 1 aliphatic heterocycles. The molecule has 2 N–H and O–H groups in total. The lowest BCUT2D eigenvalue weighted by molar-refractivity contribution is -0.137. The molecular formula is C13H14F3NO3. The summed E-state index contributed by atoms with van der Waals surface area (Å²) in [6, 6.07) is 1.92. The maximum absolute atomic E-state index is 12.5. The van der Waals surface area contributed by atoms with Gasteiger partial charge in [0.15, 0.2) is 0 Å². The number of alkyl halides is 3. The van der Waals surface area contributed by atoms with Gasteiger partial charge in [-0.25, -0.2) is 0 Å². The Morgan fingerprint density at radius 3 is 2.65 bits per heavy atom. The van der Waals surface area contributed by atoms with Gasteiger partial charge in [-0.15, -0.1) is 0 Å². The van der Waals surface area contributed by atoms with E-state index in [9.17, 15) is 23.1 Å². The number of aromatic hydroxyl groups is 1. The summed E-state index contributed by atoms with van der Waals surface area (Å²) >= 11 is 0. The molecule has 7 heteroatoms. The lowest BCUT2D eigenvalue weighted by atomic mass is 10.1. The number of carbonyl (C=O) groups is 1. The number of carbonyl (C=O) groups excluding carboxylic acids is 1. The summed E-state index contributed by atoms with van der Waals surface area (Å²) in [5.41, 5.74) is -1.19. The van der Waals surface area contributed by atoms with Crippen LogP contribution in [0, 0.1) is 0 Å². The highest BCUT2D eigenvalue weighted by molar-refractivity contribution is 5.97. The topological polar surface area (TPSA) is 60.8 Å². The van der Waals surface area contributed by atoms with Gasteiger partial charge in [0.2, 0.25) is 0 Å². The highest BCUT2D eigenvalue weighted by Crippen LogP contribution is 2.33. The molecule has 0 unspecified atom stereocenters. The van der Waals surface area contributed by atoms with Crippen molar-refractivity contribution < 1.29 is 28.2 Å². The monoisotopic (exact) mass is 289 g/mol. The predicted molar refractivity (Wildman–Crippen MR) is 64.3 cm³/mol. The first-order valence-electron chi connectivity index (χ1n) is 6.16. The standard InChI is InChI=1S/C13H14F3NO3/c14-13(15,16)8-3-4-10(11(19)6-8)12(20)17-5-1-2-9(17)7-18/h3-4,6,9,18-19H,1-2,5,7H2/t9-/m1/s1.